The second-order valence-corrected chi connectivity index (χ2v) is 5.25. The minimum absolute atomic E-state index is 0.240. The molecule has 110 valence electrons. The quantitative estimate of drug-likeness (QED) is 0.792. The van der Waals surface area contributed by atoms with E-state index in [1.807, 2.05) is 30.3 Å². The molecule has 1 aromatic carbocycles. The fraction of sp³-hybridized carbons (Fsp3) is 0.286. The van der Waals surface area contributed by atoms with Crippen LogP contribution in [0.4, 0.5) is 5.00 Å². The van der Waals surface area contributed by atoms with Crippen LogP contribution in [0.5, 0.6) is 5.75 Å². The molecule has 0 bridgehead atoms. The maximum Gasteiger partial charge on any atom is 0.162 e. The zero-order chi connectivity index (χ0) is 15.1. The number of nitrogens with zero attached hydrogens (tertiary/aromatic N) is 2. The van der Waals surface area contributed by atoms with E-state index < -0.39 is 0 Å². The van der Waals surface area contributed by atoms with Gasteiger partial charge in [0.1, 0.15) is 22.4 Å². The van der Waals surface area contributed by atoms with Gasteiger partial charge in [0.2, 0.25) is 0 Å². The molecule has 21 heavy (non-hydrogen) atoms. The molecular formula is C14H14ClN3O2S. The SMILES string of the molecule is COc1ccc(COCCNc2snc(Cl)c2C#N)cc1. The molecule has 0 saturated carbocycles. The zero-order valence-corrected chi connectivity index (χ0v) is 13.0. The summed E-state index contributed by atoms with van der Waals surface area (Å²) in [6, 6.07) is 9.74. The number of halogens is 1. The number of nitrogens with one attached hydrogen (secondary N) is 1. The Kier molecular flexibility index (Phi) is 5.81. The molecule has 0 radical (unpaired) electrons. The summed E-state index contributed by atoms with van der Waals surface area (Å²) >= 11 is 6.96. The van der Waals surface area contributed by atoms with Crippen molar-refractivity contribution in [2.24, 2.45) is 0 Å². The largest absolute Gasteiger partial charge is 0.497 e. The lowest BCUT2D eigenvalue weighted by Crippen LogP contribution is -2.09. The van der Waals surface area contributed by atoms with Crippen LogP contribution >= 0.6 is 23.1 Å². The van der Waals surface area contributed by atoms with E-state index in [0.717, 1.165) is 11.3 Å². The molecule has 0 amide bonds. The van der Waals surface area contributed by atoms with Gasteiger partial charge < -0.3 is 14.8 Å². The number of hydrogen-bond acceptors (Lipinski definition) is 6. The first-order valence-corrected chi connectivity index (χ1v) is 7.39. The summed E-state index contributed by atoms with van der Waals surface area (Å²) in [6.07, 6.45) is 0. The summed E-state index contributed by atoms with van der Waals surface area (Å²) in [5.74, 6) is 0.825. The summed E-state index contributed by atoms with van der Waals surface area (Å²) < 4.78 is 14.6. The lowest BCUT2D eigenvalue weighted by atomic mass is 10.2. The highest BCUT2D eigenvalue weighted by Crippen LogP contribution is 2.27. The lowest BCUT2D eigenvalue weighted by molar-refractivity contribution is 0.130. The van der Waals surface area contributed by atoms with Crippen LogP contribution in [0.15, 0.2) is 24.3 Å². The van der Waals surface area contributed by atoms with Crippen LogP contribution in [-0.2, 0) is 11.3 Å². The van der Waals surface area contributed by atoms with Crippen LogP contribution in [0.1, 0.15) is 11.1 Å². The number of nitriles is 1. The van der Waals surface area contributed by atoms with Crippen molar-refractivity contribution in [1.82, 2.24) is 4.37 Å². The number of methoxy groups -OCH3 is 1. The van der Waals surface area contributed by atoms with Gasteiger partial charge in [-0.15, -0.1) is 0 Å². The van der Waals surface area contributed by atoms with Gasteiger partial charge in [-0.25, -0.2) is 0 Å². The topological polar surface area (TPSA) is 67.2 Å². The third-order valence-corrected chi connectivity index (χ3v) is 3.90. The molecule has 1 heterocycles. The molecule has 2 rings (SSSR count). The number of rotatable bonds is 7. The number of benzene rings is 1. The van der Waals surface area contributed by atoms with Gasteiger partial charge in [-0.2, -0.15) is 9.64 Å². The van der Waals surface area contributed by atoms with Crippen molar-refractivity contribution < 1.29 is 9.47 Å². The first-order chi connectivity index (χ1) is 10.2. The van der Waals surface area contributed by atoms with Crippen LogP contribution in [-0.4, -0.2) is 24.6 Å². The molecule has 1 aromatic heterocycles. The van der Waals surface area contributed by atoms with Gasteiger partial charge in [-0.05, 0) is 29.2 Å². The Bertz CT molecular complexity index is 622. The maximum absolute atomic E-state index is 8.93. The molecule has 0 saturated heterocycles. The van der Waals surface area contributed by atoms with E-state index in [9.17, 15) is 0 Å². The molecule has 0 spiro atoms. The van der Waals surface area contributed by atoms with Crippen LogP contribution in [0.25, 0.3) is 0 Å². The number of hydrogen-bond donors (Lipinski definition) is 1. The fourth-order valence-corrected chi connectivity index (χ4v) is 2.60. The molecular weight excluding hydrogens is 310 g/mol. The zero-order valence-electron chi connectivity index (χ0n) is 11.4. The van der Waals surface area contributed by atoms with Crippen molar-refractivity contribution in [3.8, 4) is 11.8 Å². The standard InChI is InChI=1S/C14H14ClN3O2S/c1-19-11-4-2-10(3-5-11)9-20-7-6-17-14-12(8-16)13(15)18-21-14/h2-5,17H,6-7,9H2,1H3. The van der Waals surface area contributed by atoms with Gasteiger partial charge in [0.15, 0.2) is 5.15 Å². The smallest absolute Gasteiger partial charge is 0.162 e. The van der Waals surface area contributed by atoms with Gasteiger partial charge in [0, 0.05) is 6.54 Å². The molecule has 5 nitrogen and oxygen atoms in total. The first kappa shape index (κ1) is 15.6. The van der Waals surface area contributed by atoms with Crippen molar-refractivity contribution in [3.63, 3.8) is 0 Å². The highest BCUT2D eigenvalue weighted by atomic mass is 35.5. The predicted octanol–water partition coefficient (Wildman–Crippen LogP) is 3.31. The van der Waals surface area contributed by atoms with Crippen LogP contribution in [0.2, 0.25) is 5.15 Å². The average Bonchev–Trinajstić information content (AvgIpc) is 2.87. The van der Waals surface area contributed by atoms with E-state index in [1.54, 1.807) is 7.11 Å². The molecule has 0 aliphatic carbocycles. The van der Waals surface area contributed by atoms with Crippen molar-refractivity contribution in [2.45, 2.75) is 6.61 Å². The summed E-state index contributed by atoms with van der Waals surface area (Å²) in [5.41, 5.74) is 1.46. The molecule has 7 heteroatoms. The third-order valence-electron chi connectivity index (χ3n) is 2.72. The van der Waals surface area contributed by atoms with E-state index in [1.165, 1.54) is 11.5 Å². The van der Waals surface area contributed by atoms with E-state index in [-0.39, 0.29) is 5.15 Å². The van der Waals surface area contributed by atoms with Crippen molar-refractivity contribution in [2.75, 3.05) is 25.6 Å². The Hall–Kier alpha value is -1.81. The normalized spacial score (nSPS) is 10.1. The third kappa shape index (κ3) is 4.33. The minimum atomic E-state index is 0.240. The minimum Gasteiger partial charge on any atom is -0.497 e. The number of ether oxygens (including phenoxy) is 2. The summed E-state index contributed by atoms with van der Waals surface area (Å²) in [5, 5.41) is 12.9. The van der Waals surface area contributed by atoms with Gasteiger partial charge in [0.05, 0.1) is 20.3 Å². The fourth-order valence-electron chi connectivity index (χ4n) is 1.64. The average molecular weight is 324 g/mol. The van der Waals surface area contributed by atoms with Gasteiger partial charge in [-0.1, -0.05) is 23.7 Å². The summed E-state index contributed by atoms with van der Waals surface area (Å²) in [7, 11) is 1.64. The Labute approximate surface area is 132 Å². The van der Waals surface area contributed by atoms with Crippen molar-refractivity contribution in [1.29, 1.82) is 5.26 Å². The van der Waals surface area contributed by atoms with Crippen molar-refractivity contribution in [3.05, 3.63) is 40.5 Å². The second-order valence-electron chi connectivity index (χ2n) is 4.12. The Morgan fingerprint density at radius 2 is 2.14 bits per heavy atom. The Morgan fingerprint density at radius 1 is 1.38 bits per heavy atom. The molecule has 0 fully saturated rings. The highest BCUT2D eigenvalue weighted by Gasteiger charge is 2.10. The monoisotopic (exact) mass is 323 g/mol. The van der Waals surface area contributed by atoms with Crippen LogP contribution < -0.4 is 10.1 Å². The molecule has 0 atom stereocenters. The van der Waals surface area contributed by atoms with Crippen LogP contribution in [0.3, 0.4) is 0 Å². The maximum atomic E-state index is 8.93. The number of aromatic nitrogens is 1. The van der Waals surface area contributed by atoms with Crippen LogP contribution in [0, 0.1) is 11.3 Å². The van der Waals surface area contributed by atoms with E-state index in [4.69, 9.17) is 26.3 Å². The molecule has 0 unspecified atom stereocenters. The van der Waals surface area contributed by atoms with Gasteiger partial charge >= 0.3 is 0 Å². The Balaban J connectivity index is 1.71. The van der Waals surface area contributed by atoms with Gasteiger partial charge in [-0.3, -0.25) is 0 Å². The highest BCUT2D eigenvalue weighted by molar-refractivity contribution is 7.10. The molecule has 1 N–H and O–H groups in total. The van der Waals surface area contributed by atoms with Crippen molar-refractivity contribution >= 4 is 28.1 Å². The summed E-state index contributed by atoms with van der Waals surface area (Å²) in [4.78, 5) is 0. The second kappa shape index (κ2) is 7.84. The molecule has 2 aromatic rings. The van der Waals surface area contributed by atoms with Gasteiger partial charge in [0.25, 0.3) is 0 Å². The predicted molar refractivity (Wildman–Crippen MR) is 83.0 cm³/mol. The lowest BCUT2D eigenvalue weighted by Gasteiger charge is -2.06. The Morgan fingerprint density at radius 3 is 2.81 bits per heavy atom. The van der Waals surface area contributed by atoms with E-state index in [0.29, 0.717) is 30.3 Å². The first-order valence-electron chi connectivity index (χ1n) is 6.24. The molecule has 0 aliphatic rings. The molecule has 0 aliphatic heterocycles. The summed E-state index contributed by atoms with van der Waals surface area (Å²) in [6.45, 7) is 1.63. The van der Waals surface area contributed by atoms with E-state index in [2.05, 4.69) is 9.69 Å². The number of anilines is 1. The van der Waals surface area contributed by atoms with E-state index >= 15 is 0 Å².